The Morgan fingerprint density at radius 2 is 2.24 bits per heavy atom. The van der Waals surface area contributed by atoms with Crippen LogP contribution in [-0.2, 0) is 18.3 Å². The van der Waals surface area contributed by atoms with Crippen LogP contribution in [0.2, 0.25) is 0 Å². The molecule has 0 saturated heterocycles. The van der Waals surface area contributed by atoms with Gasteiger partial charge in [0.25, 0.3) is 0 Å². The Labute approximate surface area is 123 Å². The van der Waals surface area contributed by atoms with Crippen LogP contribution in [-0.4, -0.2) is 40.0 Å². The van der Waals surface area contributed by atoms with Crippen molar-refractivity contribution in [2.75, 3.05) is 13.1 Å². The molecular formula is C14H22N4O3. The van der Waals surface area contributed by atoms with E-state index in [0.29, 0.717) is 25.9 Å². The Hall–Kier alpha value is -2.05. The topological polar surface area (TPSA) is 96.3 Å². The first kappa shape index (κ1) is 15.3. The summed E-state index contributed by atoms with van der Waals surface area (Å²) >= 11 is 0. The minimum Gasteiger partial charge on any atom is -0.481 e. The molecule has 1 saturated carbocycles. The van der Waals surface area contributed by atoms with Crippen LogP contribution in [0.3, 0.4) is 0 Å². The third-order valence-electron chi connectivity index (χ3n) is 4.09. The van der Waals surface area contributed by atoms with Gasteiger partial charge in [0.15, 0.2) is 0 Å². The lowest BCUT2D eigenvalue weighted by Gasteiger charge is -2.16. The number of aliphatic carboxylic acids is 1. The summed E-state index contributed by atoms with van der Waals surface area (Å²) in [5, 5.41) is 18.7. The molecule has 116 valence electrons. The fourth-order valence-electron chi connectivity index (χ4n) is 2.84. The molecule has 1 fully saturated rings. The van der Waals surface area contributed by atoms with E-state index in [0.717, 1.165) is 18.5 Å². The van der Waals surface area contributed by atoms with Gasteiger partial charge in [0.1, 0.15) is 0 Å². The van der Waals surface area contributed by atoms with Crippen molar-refractivity contribution >= 4 is 12.0 Å². The second-order valence-electron chi connectivity index (χ2n) is 5.47. The van der Waals surface area contributed by atoms with Gasteiger partial charge in [0.2, 0.25) is 0 Å². The standard InChI is InChI=1S/C14H22N4O3/c1-18-11(6-8-17-18)5-7-15-14(21)16-9-10-3-2-4-12(10)13(19)20/h6,8,10,12H,2-5,7,9H2,1H3,(H,19,20)(H2,15,16,21). The van der Waals surface area contributed by atoms with Gasteiger partial charge in [-0.3, -0.25) is 9.48 Å². The van der Waals surface area contributed by atoms with Gasteiger partial charge in [0.05, 0.1) is 5.92 Å². The van der Waals surface area contributed by atoms with E-state index < -0.39 is 5.97 Å². The first-order valence-electron chi connectivity index (χ1n) is 7.29. The van der Waals surface area contributed by atoms with Gasteiger partial charge >= 0.3 is 12.0 Å². The SMILES string of the molecule is Cn1nccc1CCNC(=O)NCC1CCCC1C(=O)O. The van der Waals surface area contributed by atoms with E-state index in [1.165, 1.54) is 0 Å². The van der Waals surface area contributed by atoms with E-state index >= 15 is 0 Å². The Bertz CT molecular complexity index is 500. The number of carbonyl (C=O) groups excluding carboxylic acids is 1. The Balaban J connectivity index is 1.66. The third kappa shape index (κ3) is 4.21. The van der Waals surface area contributed by atoms with Crippen molar-refractivity contribution in [1.29, 1.82) is 0 Å². The second-order valence-corrected chi connectivity index (χ2v) is 5.47. The van der Waals surface area contributed by atoms with Gasteiger partial charge in [-0.1, -0.05) is 6.42 Å². The highest BCUT2D eigenvalue weighted by atomic mass is 16.4. The molecule has 0 aromatic carbocycles. The number of amides is 2. The molecule has 0 radical (unpaired) electrons. The summed E-state index contributed by atoms with van der Waals surface area (Å²) in [5.41, 5.74) is 1.05. The number of urea groups is 1. The summed E-state index contributed by atoms with van der Waals surface area (Å²) in [6.07, 6.45) is 4.94. The highest BCUT2D eigenvalue weighted by molar-refractivity contribution is 5.74. The third-order valence-corrected chi connectivity index (χ3v) is 4.09. The quantitative estimate of drug-likeness (QED) is 0.722. The van der Waals surface area contributed by atoms with Crippen molar-refractivity contribution < 1.29 is 14.7 Å². The maximum Gasteiger partial charge on any atom is 0.314 e. The van der Waals surface area contributed by atoms with Crippen molar-refractivity contribution in [3.05, 3.63) is 18.0 Å². The van der Waals surface area contributed by atoms with Crippen LogP contribution in [0.1, 0.15) is 25.0 Å². The monoisotopic (exact) mass is 294 g/mol. The summed E-state index contributed by atoms with van der Waals surface area (Å²) in [6, 6.07) is 1.67. The lowest BCUT2D eigenvalue weighted by molar-refractivity contribution is -0.142. The summed E-state index contributed by atoms with van der Waals surface area (Å²) in [4.78, 5) is 22.8. The largest absolute Gasteiger partial charge is 0.481 e. The van der Waals surface area contributed by atoms with Gasteiger partial charge in [-0.05, 0) is 24.8 Å². The van der Waals surface area contributed by atoms with Crippen LogP contribution < -0.4 is 10.6 Å². The number of aryl methyl sites for hydroxylation is 1. The average Bonchev–Trinajstić information content (AvgIpc) is 3.06. The molecule has 1 aliphatic carbocycles. The van der Waals surface area contributed by atoms with E-state index in [-0.39, 0.29) is 17.9 Å². The molecular weight excluding hydrogens is 272 g/mol. The number of nitrogens with one attached hydrogen (secondary N) is 2. The average molecular weight is 294 g/mol. The molecule has 1 aromatic heterocycles. The molecule has 1 aliphatic rings. The Kier molecular flexibility index (Phi) is 5.19. The molecule has 0 aliphatic heterocycles. The maximum atomic E-state index is 11.7. The fourth-order valence-corrected chi connectivity index (χ4v) is 2.84. The first-order chi connectivity index (χ1) is 10.1. The van der Waals surface area contributed by atoms with E-state index in [2.05, 4.69) is 15.7 Å². The molecule has 1 aromatic rings. The zero-order chi connectivity index (χ0) is 15.2. The number of nitrogens with zero attached hydrogens (tertiary/aromatic N) is 2. The second kappa shape index (κ2) is 7.10. The lowest BCUT2D eigenvalue weighted by atomic mass is 9.96. The van der Waals surface area contributed by atoms with Crippen molar-refractivity contribution in [2.24, 2.45) is 18.9 Å². The number of hydrogen-bond donors (Lipinski definition) is 3. The molecule has 2 rings (SSSR count). The van der Waals surface area contributed by atoms with Gasteiger partial charge in [0, 0.05) is 38.4 Å². The molecule has 2 amide bonds. The molecule has 21 heavy (non-hydrogen) atoms. The van der Waals surface area contributed by atoms with Crippen LogP contribution in [0.5, 0.6) is 0 Å². The molecule has 2 unspecified atom stereocenters. The fraction of sp³-hybridized carbons (Fsp3) is 0.643. The number of carboxylic acid groups (broad SMARTS) is 1. The molecule has 3 N–H and O–H groups in total. The Morgan fingerprint density at radius 3 is 2.90 bits per heavy atom. The van der Waals surface area contributed by atoms with E-state index in [4.69, 9.17) is 5.11 Å². The smallest absolute Gasteiger partial charge is 0.314 e. The number of hydrogen-bond acceptors (Lipinski definition) is 3. The maximum absolute atomic E-state index is 11.7. The molecule has 2 atom stereocenters. The van der Waals surface area contributed by atoms with Crippen molar-refractivity contribution in [3.8, 4) is 0 Å². The summed E-state index contributed by atoms with van der Waals surface area (Å²) < 4.78 is 1.77. The normalized spacial score (nSPS) is 21.2. The number of carbonyl (C=O) groups is 2. The van der Waals surface area contributed by atoms with E-state index in [1.54, 1.807) is 10.9 Å². The van der Waals surface area contributed by atoms with E-state index in [9.17, 15) is 9.59 Å². The predicted octanol–water partition coefficient (Wildman–Crippen LogP) is 0.763. The number of rotatable bonds is 6. The predicted molar refractivity (Wildman–Crippen MR) is 76.8 cm³/mol. The van der Waals surface area contributed by atoms with Crippen LogP contribution in [0.4, 0.5) is 4.79 Å². The molecule has 1 heterocycles. The van der Waals surface area contributed by atoms with Crippen LogP contribution in [0.15, 0.2) is 12.3 Å². The molecule has 0 bridgehead atoms. The van der Waals surface area contributed by atoms with Crippen LogP contribution >= 0.6 is 0 Å². The van der Waals surface area contributed by atoms with E-state index in [1.807, 2.05) is 13.1 Å². The summed E-state index contributed by atoms with van der Waals surface area (Å²) in [6.45, 7) is 0.951. The van der Waals surface area contributed by atoms with Gasteiger partial charge in [-0.25, -0.2) is 4.79 Å². The van der Waals surface area contributed by atoms with Gasteiger partial charge in [-0.2, -0.15) is 5.10 Å². The highest BCUT2D eigenvalue weighted by Crippen LogP contribution is 2.31. The zero-order valence-electron chi connectivity index (χ0n) is 12.2. The minimum absolute atomic E-state index is 0.0466. The van der Waals surface area contributed by atoms with Crippen molar-refractivity contribution in [3.63, 3.8) is 0 Å². The molecule has 7 nitrogen and oxygen atoms in total. The van der Waals surface area contributed by atoms with Crippen LogP contribution in [0, 0.1) is 11.8 Å². The summed E-state index contributed by atoms with van der Waals surface area (Å²) in [5.74, 6) is -1.03. The minimum atomic E-state index is -0.754. The van der Waals surface area contributed by atoms with Gasteiger partial charge in [-0.15, -0.1) is 0 Å². The zero-order valence-corrected chi connectivity index (χ0v) is 12.2. The first-order valence-corrected chi connectivity index (χ1v) is 7.29. The summed E-state index contributed by atoms with van der Waals surface area (Å²) in [7, 11) is 1.86. The molecule has 0 spiro atoms. The number of aromatic nitrogens is 2. The van der Waals surface area contributed by atoms with Crippen molar-refractivity contribution in [1.82, 2.24) is 20.4 Å². The highest BCUT2D eigenvalue weighted by Gasteiger charge is 2.32. The Morgan fingerprint density at radius 1 is 1.43 bits per heavy atom. The van der Waals surface area contributed by atoms with Crippen LogP contribution in [0.25, 0.3) is 0 Å². The lowest BCUT2D eigenvalue weighted by Crippen LogP contribution is -2.40. The molecule has 7 heteroatoms. The van der Waals surface area contributed by atoms with Gasteiger partial charge < -0.3 is 15.7 Å². The number of carboxylic acids is 1. The van der Waals surface area contributed by atoms with Crippen molar-refractivity contribution in [2.45, 2.75) is 25.7 Å².